The van der Waals surface area contributed by atoms with E-state index < -0.39 is 86.4 Å². The zero-order valence-corrected chi connectivity index (χ0v) is 24.0. The second kappa shape index (κ2) is 9.88. The molecule has 12 heteroatoms. The van der Waals surface area contributed by atoms with Crippen LogP contribution in [0.2, 0.25) is 0 Å². The Hall–Kier alpha value is -5.78. The number of ether oxygens (including phenoxy) is 2. The average molecular weight is 615 g/mol. The Morgan fingerprint density at radius 2 is 1.56 bits per heavy atom. The van der Waals surface area contributed by atoms with E-state index in [2.05, 4.69) is 4.74 Å². The standard InChI is InChI=1S/C33H26O12/c1-12-8-16-22(19(37)9-12)30(42)26-27(39)15-6-7-33(26,31(16)45-13(2)34)11-14-10-20(38)25(28(40)21(14)15)29(41)23-17(35)4-5-18(36)24(23)32(43)44-3/h4-10,15,31,35-38,40,42H,11H2,1-3H3/t15-,31-,33-/m0/s1. The molecule has 230 valence electrons. The smallest absolute Gasteiger partial charge is 0.342 e. The minimum absolute atomic E-state index is 0.0940. The molecule has 0 saturated heterocycles. The van der Waals surface area contributed by atoms with Crippen LogP contribution in [0.5, 0.6) is 28.7 Å². The molecule has 0 aliphatic heterocycles. The second-order valence-electron chi connectivity index (χ2n) is 11.2. The summed E-state index contributed by atoms with van der Waals surface area (Å²) in [5.74, 6) is -9.23. The minimum atomic E-state index is -1.55. The number of ketones is 2. The van der Waals surface area contributed by atoms with Gasteiger partial charge in [-0.3, -0.25) is 14.4 Å². The molecule has 3 aromatic carbocycles. The van der Waals surface area contributed by atoms with Crippen LogP contribution in [0.1, 0.15) is 73.0 Å². The summed E-state index contributed by atoms with van der Waals surface area (Å²) >= 11 is 0. The number of fused-ring (bicyclic) bond motifs is 1. The molecule has 0 fully saturated rings. The fourth-order valence-electron chi connectivity index (χ4n) is 6.84. The van der Waals surface area contributed by atoms with Crippen LogP contribution in [0.25, 0.3) is 5.76 Å². The van der Waals surface area contributed by atoms with E-state index >= 15 is 0 Å². The Kier molecular flexibility index (Phi) is 6.43. The maximum atomic E-state index is 14.2. The van der Waals surface area contributed by atoms with Gasteiger partial charge in [0.25, 0.3) is 0 Å². The molecule has 0 radical (unpaired) electrons. The van der Waals surface area contributed by atoms with Crippen LogP contribution in [-0.2, 0) is 25.5 Å². The highest BCUT2D eigenvalue weighted by atomic mass is 16.5. The normalized spacial score (nSPS) is 21.0. The number of allylic oxidation sites excluding steroid dienone is 1. The first kappa shape index (κ1) is 29.3. The summed E-state index contributed by atoms with van der Waals surface area (Å²) in [5, 5.41) is 65.9. The van der Waals surface area contributed by atoms with Crippen molar-refractivity contribution in [1.29, 1.82) is 0 Å². The number of esters is 2. The number of aliphatic hydroxyl groups excluding tert-OH is 1. The maximum absolute atomic E-state index is 14.2. The lowest BCUT2D eigenvalue weighted by Gasteiger charge is -2.44. The average Bonchev–Trinajstić information content (AvgIpc) is 3.18. The molecule has 1 spiro atoms. The Balaban J connectivity index is 1.61. The number of aliphatic hydroxyl groups is 1. The fraction of sp³-hybridized carbons (Fsp3) is 0.212. The van der Waals surface area contributed by atoms with Crippen molar-refractivity contribution in [2.24, 2.45) is 5.41 Å². The van der Waals surface area contributed by atoms with Crippen LogP contribution in [0, 0.1) is 12.3 Å². The number of methoxy groups -OCH3 is 1. The molecule has 0 aromatic heterocycles. The number of hydrogen-bond acceptors (Lipinski definition) is 12. The Bertz CT molecular complexity index is 1970. The largest absolute Gasteiger partial charge is 0.507 e. The van der Waals surface area contributed by atoms with Gasteiger partial charge < -0.3 is 40.1 Å². The lowest BCUT2D eigenvalue weighted by Crippen LogP contribution is -2.42. The Morgan fingerprint density at radius 1 is 0.889 bits per heavy atom. The summed E-state index contributed by atoms with van der Waals surface area (Å²) < 4.78 is 10.4. The number of Topliss-reactive ketones (excluding diaryl/α,β-unsaturated/α-hetero) is 1. The summed E-state index contributed by atoms with van der Waals surface area (Å²) in [5.41, 5.74) is -3.24. The van der Waals surface area contributed by atoms with Gasteiger partial charge in [-0.1, -0.05) is 18.2 Å². The molecule has 0 heterocycles. The third-order valence-corrected chi connectivity index (χ3v) is 8.58. The number of aryl methyl sites for hydroxylation is 1. The number of benzene rings is 3. The van der Waals surface area contributed by atoms with Crippen LogP contribution in [0.15, 0.2) is 48.1 Å². The predicted molar refractivity (Wildman–Crippen MR) is 154 cm³/mol. The molecule has 7 rings (SSSR count). The summed E-state index contributed by atoms with van der Waals surface area (Å²) in [4.78, 5) is 52.9. The number of phenolic OH excluding ortho intramolecular Hbond substituents is 5. The fourth-order valence-corrected chi connectivity index (χ4v) is 6.84. The van der Waals surface area contributed by atoms with E-state index in [0.29, 0.717) is 5.56 Å². The highest BCUT2D eigenvalue weighted by Crippen LogP contribution is 2.62. The van der Waals surface area contributed by atoms with Crippen molar-refractivity contribution in [2.75, 3.05) is 7.11 Å². The van der Waals surface area contributed by atoms with Gasteiger partial charge in [-0.25, -0.2) is 4.79 Å². The van der Waals surface area contributed by atoms with Crippen LogP contribution in [0.3, 0.4) is 0 Å². The van der Waals surface area contributed by atoms with Gasteiger partial charge in [-0.2, -0.15) is 0 Å². The molecule has 4 aliphatic carbocycles. The van der Waals surface area contributed by atoms with Gasteiger partial charge in [-0.05, 0) is 48.7 Å². The first-order valence-electron chi connectivity index (χ1n) is 13.7. The van der Waals surface area contributed by atoms with Crippen LogP contribution in [0.4, 0.5) is 0 Å². The Labute approximate surface area is 254 Å². The minimum Gasteiger partial charge on any atom is -0.507 e. The molecule has 45 heavy (non-hydrogen) atoms. The SMILES string of the molecule is COC(=O)c1c(O)ccc(O)c1C(=O)c1c(O)cc2c(c1O)[C@@H]1C=C[C@]3(C2)C(=C(O)c2c(O)cc(C)cc2[C@@H]3OC(C)=O)C1=O. The third-order valence-electron chi connectivity index (χ3n) is 8.58. The van der Waals surface area contributed by atoms with Gasteiger partial charge in [-0.15, -0.1) is 0 Å². The van der Waals surface area contributed by atoms with Gasteiger partial charge in [0.05, 0.1) is 35.1 Å². The van der Waals surface area contributed by atoms with E-state index in [4.69, 9.17) is 4.74 Å². The van der Waals surface area contributed by atoms with E-state index in [0.717, 1.165) is 25.3 Å². The van der Waals surface area contributed by atoms with Crippen LogP contribution >= 0.6 is 0 Å². The summed E-state index contributed by atoms with van der Waals surface area (Å²) in [6.07, 6.45) is 1.55. The molecule has 6 N–H and O–H groups in total. The van der Waals surface area contributed by atoms with Gasteiger partial charge in [0.15, 0.2) is 5.78 Å². The van der Waals surface area contributed by atoms with Crippen LogP contribution < -0.4 is 0 Å². The van der Waals surface area contributed by atoms with E-state index in [1.807, 2.05) is 0 Å². The van der Waals surface area contributed by atoms with Gasteiger partial charge in [0.1, 0.15) is 51.7 Å². The van der Waals surface area contributed by atoms with Gasteiger partial charge in [0.2, 0.25) is 5.78 Å². The Morgan fingerprint density at radius 3 is 2.20 bits per heavy atom. The van der Waals surface area contributed by atoms with Crippen molar-refractivity contribution in [3.05, 3.63) is 92.6 Å². The molecule has 2 bridgehead atoms. The van der Waals surface area contributed by atoms with Gasteiger partial charge >= 0.3 is 11.9 Å². The van der Waals surface area contributed by atoms with Crippen molar-refractivity contribution in [2.45, 2.75) is 32.3 Å². The first-order valence-corrected chi connectivity index (χ1v) is 13.7. The maximum Gasteiger partial charge on any atom is 0.342 e. The summed E-state index contributed by atoms with van der Waals surface area (Å²) in [7, 11) is 0.983. The van der Waals surface area contributed by atoms with Crippen LogP contribution in [-0.4, -0.2) is 61.3 Å². The molecule has 0 amide bonds. The number of carbonyl (C=O) groups excluding carboxylic acids is 4. The number of carbonyl (C=O) groups is 4. The topological polar surface area (TPSA) is 208 Å². The van der Waals surface area contributed by atoms with Crippen molar-refractivity contribution in [3.8, 4) is 28.7 Å². The number of rotatable bonds is 4. The molecular formula is C33H26O12. The monoisotopic (exact) mass is 614 g/mol. The zero-order chi connectivity index (χ0) is 32.7. The summed E-state index contributed by atoms with van der Waals surface area (Å²) in [6, 6.07) is 6.00. The lowest BCUT2D eigenvalue weighted by molar-refractivity contribution is -0.152. The summed E-state index contributed by atoms with van der Waals surface area (Å²) in [6.45, 7) is 2.85. The van der Waals surface area contributed by atoms with E-state index in [1.54, 1.807) is 19.1 Å². The number of hydrogen-bond donors (Lipinski definition) is 6. The van der Waals surface area contributed by atoms with Gasteiger partial charge in [0, 0.05) is 18.1 Å². The molecule has 3 aromatic rings. The van der Waals surface area contributed by atoms with Crippen molar-refractivity contribution in [1.82, 2.24) is 0 Å². The zero-order valence-electron chi connectivity index (χ0n) is 24.0. The second-order valence-corrected chi connectivity index (χ2v) is 11.2. The molecule has 3 atom stereocenters. The highest BCUT2D eigenvalue weighted by Gasteiger charge is 2.58. The number of phenols is 5. The molecule has 0 saturated carbocycles. The van der Waals surface area contributed by atoms with E-state index in [-0.39, 0.29) is 40.0 Å². The van der Waals surface area contributed by atoms with Crippen molar-refractivity contribution < 1.29 is 59.3 Å². The number of aromatic hydroxyl groups is 5. The quantitative estimate of drug-likeness (QED) is 0.107. The molecule has 4 aliphatic rings. The van der Waals surface area contributed by atoms with Crippen molar-refractivity contribution >= 4 is 29.3 Å². The first-order chi connectivity index (χ1) is 21.2. The predicted octanol–water partition coefficient (Wildman–Crippen LogP) is 3.89. The lowest BCUT2D eigenvalue weighted by atomic mass is 9.61. The van der Waals surface area contributed by atoms with E-state index in [9.17, 15) is 49.8 Å². The van der Waals surface area contributed by atoms with E-state index in [1.165, 1.54) is 19.1 Å². The van der Waals surface area contributed by atoms with Crippen molar-refractivity contribution in [3.63, 3.8) is 0 Å². The highest BCUT2D eigenvalue weighted by molar-refractivity contribution is 6.20. The molecule has 12 nitrogen and oxygen atoms in total. The molecular weight excluding hydrogens is 588 g/mol. The molecule has 0 unspecified atom stereocenters. The third kappa shape index (κ3) is 3.98.